The molecule has 21 heavy (non-hydrogen) atoms. The van der Waals surface area contributed by atoms with Gasteiger partial charge in [0.15, 0.2) is 6.10 Å². The van der Waals surface area contributed by atoms with E-state index < -0.39 is 18.0 Å². The molecule has 0 aromatic rings. The average Bonchev–Trinajstić information content (AvgIpc) is 2.42. The summed E-state index contributed by atoms with van der Waals surface area (Å²) in [4.78, 5) is 23.6. The van der Waals surface area contributed by atoms with Gasteiger partial charge in [-0.25, -0.2) is 4.79 Å². The summed E-state index contributed by atoms with van der Waals surface area (Å²) in [6.07, 6.45) is 4.07. The summed E-state index contributed by atoms with van der Waals surface area (Å²) in [5, 5.41) is 27.1. The van der Waals surface area contributed by atoms with Crippen molar-refractivity contribution in [2.75, 3.05) is 19.6 Å². The number of hydrogen-bond donors (Lipinski definition) is 3. The molecule has 2 aliphatic rings. The van der Waals surface area contributed by atoms with Crippen LogP contribution in [0.15, 0.2) is 0 Å². The van der Waals surface area contributed by atoms with Gasteiger partial charge in [-0.3, -0.25) is 4.79 Å². The molecule has 1 saturated carbocycles. The van der Waals surface area contributed by atoms with Crippen molar-refractivity contribution < 1.29 is 24.9 Å². The first-order valence-electron chi connectivity index (χ1n) is 7.28. The standard InChI is InChI=1S/C14H23NO5.ClH/c16-11(13(19)20)9-15-7-5-14(6-8-15)3-1-10(2-4-14)12(17)18;/h10-11,16H,1-9H2,(H,17,18)(H,19,20);1H. The third-order valence-corrected chi connectivity index (χ3v) is 5.03. The highest BCUT2D eigenvalue weighted by Gasteiger charge is 2.39. The van der Waals surface area contributed by atoms with Crippen molar-refractivity contribution in [2.24, 2.45) is 11.3 Å². The molecule has 1 aliphatic heterocycles. The molecule has 1 unspecified atom stereocenters. The van der Waals surface area contributed by atoms with E-state index in [-0.39, 0.29) is 30.3 Å². The molecule has 1 aliphatic carbocycles. The predicted octanol–water partition coefficient (Wildman–Crippen LogP) is 1.21. The number of piperidine rings is 1. The van der Waals surface area contributed by atoms with E-state index in [9.17, 15) is 14.7 Å². The van der Waals surface area contributed by atoms with E-state index >= 15 is 0 Å². The minimum Gasteiger partial charge on any atom is -0.481 e. The Bertz CT molecular complexity index is 372. The zero-order chi connectivity index (χ0) is 14.8. The smallest absolute Gasteiger partial charge is 0.333 e. The van der Waals surface area contributed by atoms with Crippen LogP contribution in [0.4, 0.5) is 0 Å². The highest BCUT2D eigenvalue weighted by molar-refractivity contribution is 5.85. The van der Waals surface area contributed by atoms with E-state index in [4.69, 9.17) is 10.2 Å². The molecule has 0 bridgehead atoms. The molecule has 7 heteroatoms. The minimum absolute atomic E-state index is 0. The monoisotopic (exact) mass is 321 g/mol. The van der Waals surface area contributed by atoms with E-state index in [1.165, 1.54) is 0 Å². The van der Waals surface area contributed by atoms with Gasteiger partial charge in [-0.2, -0.15) is 0 Å². The van der Waals surface area contributed by atoms with Gasteiger partial charge in [-0.05, 0) is 57.0 Å². The van der Waals surface area contributed by atoms with Crippen LogP contribution in [0.3, 0.4) is 0 Å². The van der Waals surface area contributed by atoms with Crippen molar-refractivity contribution in [1.82, 2.24) is 4.90 Å². The largest absolute Gasteiger partial charge is 0.481 e. The van der Waals surface area contributed by atoms with Gasteiger partial charge in [0.2, 0.25) is 0 Å². The van der Waals surface area contributed by atoms with Gasteiger partial charge in [0, 0.05) is 6.54 Å². The van der Waals surface area contributed by atoms with E-state index in [1.807, 2.05) is 4.90 Å². The maximum atomic E-state index is 11.0. The van der Waals surface area contributed by atoms with Crippen molar-refractivity contribution in [3.63, 3.8) is 0 Å². The number of aliphatic hydroxyl groups is 1. The second-order valence-corrected chi connectivity index (χ2v) is 6.27. The number of carboxylic acid groups (broad SMARTS) is 2. The number of β-amino-alcohol motifs (C(OH)–C–C–N with tert-alkyl or cyclic N) is 1. The second kappa shape index (κ2) is 7.42. The molecule has 2 fully saturated rings. The van der Waals surface area contributed by atoms with Crippen LogP contribution in [0.2, 0.25) is 0 Å². The van der Waals surface area contributed by atoms with Gasteiger partial charge in [-0.15, -0.1) is 12.4 Å². The molecule has 2 rings (SSSR count). The number of aliphatic hydroxyl groups excluding tert-OH is 1. The maximum Gasteiger partial charge on any atom is 0.333 e. The lowest BCUT2D eigenvalue weighted by Crippen LogP contribution is -2.46. The molecule has 1 heterocycles. The fraction of sp³-hybridized carbons (Fsp3) is 0.857. The molecule has 1 atom stereocenters. The first-order chi connectivity index (χ1) is 9.42. The average molecular weight is 322 g/mol. The lowest BCUT2D eigenvalue weighted by Gasteiger charge is -2.45. The number of aliphatic carboxylic acids is 2. The maximum absolute atomic E-state index is 11.0. The lowest BCUT2D eigenvalue weighted by molar-refractivity contribution is -0.148. The number of likely N-dealkylation sites (tertiary alicyclic amines) is 1. The van der Waals surface area contributed by atoms with Crippen LogP contribution in [-0.4, -0.2) is 57.9 Å². The van der Waals surface area contributed by atoms with E-state index in [1.54, 1.807) is 0 Å². The molecule has 0 radical (unpaired) electrons. The molecule has 0 aromatic carbocycles. The van der Waals surface area contributed by atoms with Crippen molar-refractivity contribution in [3.05, 3.63) is 0 Å². The van der Waals surface area contributed by atoms with Crippen LogP contribution in [0.5, 0.6) is 0 Å². The quantitative estimate of drug-likeness (QED) is 0.720. The molecule has 6 nitrogen and oxygen atoms in total. The van der Waals surface area contributed by atoms with E-state index in [0.717, 1.165) is 51.6 Å². The van der Waals surface area contributed by atoms with Crippen molar-refractivity contribution in [1.29, 1.82) is 0 Å². The van der Waals surface area contributed by atoms with Crippen LogP contribution in [0.25, 0.3) is 0 Å². The number of carboxylic acids is 2. The Morgan fingerprint density at radius 1 is 1.10 bits per heavy atom. The highest BCUT2D eigenvalue weighted by Crippen LogP contribution is 2.46. The molecule has 1 spiro atoms. The Morgan fingerprint density at radius 3 is 2.05 bits per heavy atom. The Kier molecular flexibility index (Phi) is 6.43. The van der Waals surface area contributed by atoms with Crippen LogP contribution < -0.4 is 0 Å². The number of halogens is 1. The molecule has 0 aromatic heterocycles. The van der Waals surface area contributed by atoms with Crippen molar-refractivity contribution in [3.8, 4) is 0 Å². The van der Waals surface area contributed by atoms with Crippen molar-refractivity contribution >= 4 is 24.3 Å². The van der Waals surface area contributed by atoms with E-state index in [2.05, 4.69) is 0 Å². The predicted molar refractivity (Wildman–Crippen MR) is 78.6 cm³/mol. The van der Waals surface area contributed by atoms with Crippen LogP contribution in [-0.2, 0) is 9.59 Å². The van der Waals surface area contributed by atoms with Gasteiger partial charge in [0.1, 0.15) is 0 Å². The van der Waals surface area contributed by atoms with E-state index in [0.29, 0.717) is 0 Å². The summed E-state index contributed by atoms with van der Waals surface area (Å²) in [6.45, 7) is 1.77. The van der Waals surface area contributed by atoms with Crippen LogP contribution in [0.1, 0.15) is 38.5 Å². The minimum atomic E-state index is -1.31. The number of hydrogen-bond acceptors (Lipinski definition) is 4. The Morgan fingerprint density at radius 2 is 1.62 bits per heavy atom. The first kappa shape index (κ1) is 18.2. The zero-order valence-electron chi connectivity index (χ0n) is 12.0. The third-order valence-electron chi connectivity index (χ3n) is 5.03. The first-order valence-corrected chi connectivity index (χ1v) is 7.28. The highest BCUT2D eigenvalue weighted by atomic mass is 35.5. The summed E-state index contributed by atoms with van der Waals surface area (Å²) < 4.78 is 0. The number of rotatable bonds is 4. The summed E-state index contributed by atoms with van der Waals surface area (Å²) in [7, 11) is 0. The Labute approximate surface area is 130 Å². The number of nitrogens with zero attached hydrogens (tertiary/aromatic N) is 1. The van der Waals surface area contributed by atoms with Gasteiger partial charge in [0.05, 0.1) is 5.92 Å². The second-order valence-electron chi connectivity index (χ2n) is 6.27. The molecule has 3 N–H and O–H groups in total. The van der Waals surface area contributed by atoms with Crippen LogP contribution in [0, 0.1) is 11.3 Å². The van der Waals surface area contributed by atoms with Gasteiger partial charge < -0.3 is 20.2 Å². The summed E-state index contributed by atoms with van der Waals surface area (Å²) in [5.41, 5.74) is 0.247. The molecular weight excluding hydrogens is 298 g/mol. The summed E-state index contributed by atoms with van der Waals surface area (Å²) in [6, 6.07) is 0. The summed E-state index contributed by atoms with van der Waals surface area (Å²) >= 11 is 0. The molecule has 1 saturated heterocycles. The topological polar surface area (TPSA) is 98.1 Å². The molecule has 0 amide bonds. The normalized spacial score (nSPS) is 24.2. The van der Waals surface area contributed by atoms with Crippen molar-refractivity contribution in [2.45, 2.75) is 44.6 Å². The van der Waals surface area contributed by atoms with Gasteiger partial charge >= 0.3 is 11.9 Å². The lowest BCUT2D eigenvalue weighted by atomic mass is 9.65. The Hall–Kier alpha value is -0.850. The van der Waals surface area contributed by atoms with Gasteiger partial charge in [0.25, 0.3) is 0 Å². The fourth-order valence-corrected chi connectivity index (χ4v) is 3.51. The molecule has 122 valence electrons. The summed E-state index contributed by atoms with van der Waals surface area (Å²) in [5.74, 6) is -2.04. The number of carbonyl (C=O) groups is 2. The Balaban J connectivity index is 0.00000220. The van der Waals surface area contributed by atoms with Gasteiger partial charge in [-0.1, -0.05) is 0 Å². The third kappa shape index (κ3) is 4.56. The fourth-order valence-electron chi connectivity index (χ4n) is 3.51. The SMILES string of the molecule is Cl.O=C(O)C(O)CN1CCC2(CCC(C(=O)O)CC2)CC1. The zero-order valence-corrected chi connectivity index (χ0v) is 12.8. The van der Waals surface area contributed by atoms with Crippen LogP contribution >= 0.6 is 12.4 Å². The molecular formula is C14H24ClNO5.